The molecule has 1 amide bonds. The smallest absolute Gasteiger partial charge is 0.311 e. The number of hydrogen-bond acceptors (Lipinski definition) is 7. The molecule has 0 saturated heterocycles. The van der Waals surface area contributed by atoms with E-state index in [2.05, 4.69) is 15.3 Å². The van der Waals surface area contributed by atoms with Crippen molar-refractivity contribution >= 4 is 40.1 Å². The van der Waals surface area contributed by atoms with Gasteiger partial charge in [-0.15, -0.1) is 11.3 Å². The first kappa shape index (κ1) is 20.1. The molecule has 28 heavy (non-hydrogen) atoms. The van der Waals surface area contributed by atoms with Crippen LogP contribution >= 0.6 is 23.1 Å². The predicted octanol–water partition coefficient (Wildman–Crippen LogP) is 3.38. The molecular formula is C19H20N4O3S2. The normalized spacial score (nSPS) is 10.6. The summed E-state index contributed by atoms with van der Waals surface area (Å²) in [7, 11) is 1.93. The molecule has 146 valence electrons. The van der Waals surface area contributed by atoms with Gasteiger partial charge in [0.05, 0.1) is 36.4 Å². The molecule has 1 aromatic carbocycles. The van der Waals surface area contributed by atoms with E-state index in [4.69, 9.17) is 4.74 Å². The largest absolute Gasteiger partial charge is 0.466 e. The molecule has 0 spiro atoms. The molecule has 3 aromatic rings. The molecule has 0 atom stereocenters. The van der Waals surface area contributed by atoms with Crippen LogP contribution < -0.4 is 5.32 Å². The van der Waals surface area contributed by atoms with Crippen molar-refractivity contribution in [2.24, 2.45) is 7.05 Å². The van der Waals surface area contributed by atoms with Crippen LogP contribution in [-0.4, -0.2) is 38.8 Å². The van der Waals surface area contributed by atoms with E-state index in [1.165, 1.54) is 23.1 Å². The van der Waals surface area contributed by atoms with Gasteiger partial charge < -0.3 is 14.6 Å². The van der Waals surface area contributed by atoms with Crippen molar-refractivity contribution in [2.45, 2.75) is 18.5 Å². The Labute approximate surface area is 171 Å². The van der Waals surface area contributed by atoms with Crippen LogP contribution in [0, 0.1) is 0 Å². The minimum atomic E-state index is -0.328. The molecule has 3 rings (SSSR count). The number of nitrogens with one attached hydrogen (secondary N) is 1. The van der Waals surface area contributed by atoms with E-state index in [1.54, 1.807) is 18.5 Å². The van der Waals surface area contributed by atoms with Crippen LogP contribution in [0.1, 0.15) is 12.6 Å². The molecule has 0 aliphatic heterocycles. The second-order valence-electron chi connectivity index (χ2n) is 5.81. The summed E-state index contributed by atoms with van der Waals surface area (Å²) in [6, 6.07) is 9.97. The summed E-state index contributed by atoms with van der Waals surface area (Å²) in [5.74, 6) is -0.289. The van der Waals surface area contributed by atoms with Crippen LogP contribution in [-0.2, 0) is 27.8 Å². The molecule has 0 unspecified atom stereocenters. The van der Waals surface area contributed by atoms with Crippen molar-refractivity contribution in [3.63, 3.8) is 0 Å². The fourth-order valence-electron chi connectivity index (χ4n) is 2.49. The lowest BCUT2D eigenvalue weighted by Crippen LogP contribution is -2.14. The van der Waals surface area contributed by atoms with Crippen molar-refractivity contribution in [2.75, 3.05) is 17.7 Å². The van der Waals surface area contributed by atoms with E-state index in [1.807, 2.05) is 41.9 Å². The molecular weight excluding hydrogens is 396 g/mol. The lowest BCUT2D eigenvalue weighted by atomic mass is 10.2. The number of benzene rings is 1. The number of esters is 1. The van der Waals surface area contributed by atoms with Gasteiger partial charge >= 0.3 is 5.97 Å². The Bertz CT molecular complexity index is 953. The second kappa shape index (κ2) is 9.52. The van der Waals surface area contributed by atoms with Crippen LogP contribution in [0.25, 0.3) is 11.3 Å². The Morgan fingerprint density at radius 3 is 2.82 bits per heavy atom. The van der Waals surface area contributed by atoms with Crippen molar-refractivity contribution in [1.82, 2.24) is 14.5 Å². The highest BCUT2D eigenvalue weighted by atomic mass is 32.2. The van der Waals surface area contributed by atoms with Gasteiger partial charge in [0.2, 0.25) is 5.91 Å². The molecule has 0 fully saturated rings. The number of imidazole rings is 1. The van der Waals surface area contributed by atoms with Gasteiger partial charge in [0.25, 0.3) is 0 Å². The fourth-order valence-corrected chi connectivity index (χ4v) is 3.97. The first-order valence-corrected chi connectivity index (χ1v) is 10.5. The Morgan fingerprint density at radius 1 is 1.29 bits per heavy atom. The third-order valence-electron chi connectivity index (χ3n) is 3.78. The molecule has 0 saturated carbocycles. The third kappa shape index (κ3) is 5.20. The summed E-state index contributed by atoms with van der Waals surface area (Å²) in [4.78, 5) is 32.3. The summed E-state index contributed by atoms with van der Waals surface area (Å²) in [5.41, 5.74) is 2.65. The quantitative estimate of drug-likeness (QED) is 0.448. The van der Waals surface area contributed by atoms with Gasteiger partial charge in [-0.3, -0.25) is 9.59 Å². The highest BCUT2D eigenvalue weighted by Crippen LogP contribution is 2.25. The highest BCUT2D eigenvalue weighted by molar-refractivity contribution is 7.99. The summed E-state index contributed by atoms with van der Waals surface area (Å²) in [5, 5.41) is 5.72. The zero-order valence-electron chi connectivity index (χ0n) is 15.5. The highest BCUT2D eigenvalue weighted by Gasteiger charge is 2.13. The van der Waals surface area contributed by atoms with E-state index in [9.17, 15) is 9.59 Å². The van der Waals surface area contributed by atoms with Gasteiger partial charge in [0.1, 0.15) is 0 Å². The molecule has 0 bridgehead atoms. The van der Waals surface area contributed by atoms with Crippen LogP contribution in [0.3, 0.4) is 0 Å². The summed E-state index contributed by atoms with van der Waals surface area (Å²) in [6.07, 6.45) is 1.91. The minimum Gasteiger partial charge on any atom is -0.466 e. The monoisotopic (exact) mass is 416 g/mol. The maximum Gasteiger partial charge on any atom is 0.311 e. The maximum atomic E-state index is 12.2. The van der Waals surface area contributed by atoms with Crippen molar-refractivity contribution in [3.8, 4) is 11.3 Å². The third-order valence-corrected chi connectivity index (χ3v) is 5.63. The number of thioether (sulfide) groups is 1. The lowest BCUT2D eigenvalue weighted by molar-refractivity contribution is -0.142. The number of aromatic nitrogens is 3. The zero-order chi connectivity index (χ0) is 19.9. The second-order valence-corrected chi connectivity index (χ2v) is 7.61. The SMILES string of the molecule is CCOC(=O)Cc1csc(NC(=O)CSc2ncc(-c3ccccc3)n2C)n1. The fraction of sp³-hybridized carbons (Fsp3) is 0.263. The summed E-state index contributed by atoms with van der Waals surface area (Å²) < 4.78 is 6.86. The molecule has 0 aliphatic rings. The van der Waals surface area contributed by atoms with Crippen molar-refractivity contribution in [3.05, 3.63) is 47.6 Å². The number of carbonyl (C=O) groups is 2. The van der Waals surface area contributed by atoms with Gasteiger partial charge in [-0.1, -0.05) is 42.1 Å². The van der Waals surface area contributed by atoms with Crippen molar-refractivity contribution < 1.29 is 14.3 Å². The number of nitrogens with zero attached hydrogens (tertiary/aromatic N) is 3. The van der Waals surface area contributed by atoms with E-state index >= 15 is 0 Å². The topological polar surface area (TPSA) is 86.1 Å². The molecule has 7 nitrogen and oxygen atoms in total. The van der Waals surface area contributed by atoms with E-state index < -0.39 is 0 Å². The first-order valence-electron chi connectivity index (χ1n) is 8.66. The minimum absolute atomic E-state index is 0.102. The average molecular weight is 417 g/mol. The Kier molecular flexibility index (Phi) is 6.83. The number of amides is 1. The summed E-state index contributed by atoms with van der Waals surface area (Å²) >= 11 is 2.64. The molecule has 0 radical (unpaired) electrons. The van der Waals surface area contributed by atoms with Gasteiger partial charge in [-0.2, -0.15) is 0 Å². The number of thiazole rings is 1. The number of rotatable bonds is 8. The molecule has 1 N–H and O–H groups in total. The van der Waals surface area contributed by atoms with Crippen LogP contribution in [0.4, 0.5) is 5.13 Å². The van der Waals surface area contributed by atoms with Gasteiger partial charge in [0.15, 0.2) is 10.3 Å². The van der Waals surface area contributed by atoms with E-state index in [0.29, 0.717) is 17.4 Å². The lowest BCUT2D eigenvalue weighted by Gasteiger charge is -2.06. The first-order chi connectivity index (χ1) is 13.6. The van der Waals surface area contributed by atoms with E-state index in [-0.39, 0.29) is 24.1 Å². The zero-order valence-corrected chi connectivity index (χ0v) is 17.2. The molecule has 2 heterocycles. The van der Waals surface area contributed by atoms with Crippen LogP contribution in [0.2, 0.25) is 0 Å². The Hall–Kier alpha value is -2.65. The number of carbonyl (C=O) groups excluding carboxylic acids is 2. The summed E-state index contributed by atoms with van der Waals surface area (Å²) in [6.45, 7) is 2.09. The molecule has 0 aliphatic carbocycles. The average Bonchev–Trinajstić information content (AvgIpc) is 3.27. The Balaban J connectivity index is 1.53. The van der Waals surface area contributed by atoms with Gasteiger partial charge in [0, 0.05) is 12.4 Å². The number of hydrogen-bond donors (Lipinski definition) is 1. The Morgan fingerprint density at radius 2 is 2.07 bits per heavy atom. The number of anilines is 1. The maximum absolute atomic E-state index is 12.2. The van der Waals surface area contributed by atoms with Gasteiger partial charge in [-0.05, 0) is 12.5 Å². The van der Waals surface area contributed by atoms with Crippen LogP contribution in [0.15, 0.2) is 47.1 Å². The van der Waals surface area contributed by atoms with Crippen LogP contribution in [0.5, 0.6) is 0 Å². The standard InChI is InChI=1S/C19H20N4O3S2/c1-3-26-17(25)9-14-11-27-18(21-14)22-16(24)12-28-19-20-10-15(23(19)2)13-7-5-4-6-8-13/h4-8,10-11H,3,9,12H2,1-2H3,(H,21,22,24). The van der Waals surface area contributed by atoms with E-state index in [0.717, 1.165) is 16.4 Å². The molecule has 9 heteroatoms. The van der Waals surface area contributed by atoms with Gasteiger partial charge in [-0.25, -0.2) is 9.97 Å². The molecule has 2 aromatic heterocycles. The predicted molar refractivity (Wildman–Crippen MR) is 110 cm³/mol. The number of ether oxygens (including phenoxy) is 1. The van der Waals surface area contributed by atoms with Crippen molar-refractivity contribution in [1.29, 1.82) is 0 Å².